The van der Waals surface area contributed by atoms with Crippen LogP contribution >= 0.6 is 12.4 Å². The first kappa shape index (κ1) is 21.2. The smallest absolute Gasteiger partial charge is 0.306 e. The quantitative estimate of drug-likeness (QED) is 0.818. The molecule has 2 unspecified atom stereocenters. The molecular weight excluding hydrogens is 364 g/mol. The Balaban J connectivity index is 0.00000261. The second-order valence-corrected chi connectivity index (χ2v) is 7.16. The van der Waals surface area contributed by atoms with E-state index in [1.807, 2.05) is 26.0 Å². The fourth-order valence-corrected chi connectivity index (χ4v) is 3.59. The number of nitrogens with one attached hydrogen (secondary N) is 1. The first-order valence-corrected chi connectivity index (χ1v) is 9.21. The van der Waals surface area contributed by atoms with Gasteiger partial charge < -0.3 is 10.4 Å². The summed E-state index contributed by atoms with van der Waals surface area (Å²) >= 11 is 0. The van der Waals surface area contributed by atoms with E-state index in [0.717, 1.165) is 10.9 Å². The van der Waals surface area contributed by atoms with E-state index in [-0.39, 0.29) is 36.3 Å². The lowest BCUT2D eigenvalue weighted by Crippen LogP contribution is -2.49. The van der Waals surface area contributed by atoms with Crippen LogP contribution in [0.1, 0.15) is 38.3 Å². The maximum Gasteiger partial charge on any atom is 0.306 e. The summed E-state index contributed by atoms with van der Waals surface area (Å²) in [5.41, 5.74) is 1.08. The topological polar surface area (TPSA) is 69.6 Å². The number of nitrogens with zero attached hydrogens (tertiary/aromatic N) is 1. The standard InChI is InChI=1S/C21H26N2O3.ClH/c1-14(18-8-7-16-5-3-4-6-19(16)13-18)22-20(24)15(2)23-11-9-17(10-12-23)21(25)26;/h3-8,13-15,17H,9-12H2,1-2H3,(H,22,24)(H,25,26);1H. The van der Waals surface area contributed by atoms with E-state index in [1.165, 1.54) is 5.39 Å². The molecule has 1 aliphatic heterocycles. The second-order valence-electron chi connectivity index (χ2n) is 7.16. The van der Waals surface area contributed by atoms with E-state index in [1.54, 1.807) is 0 Å². The van der Waals surface area contributed by atoms with Gasteiger partial charge in [-0.3, -0.25) is 14.5 Å². The first-order chi connectivity index (χ1) is 12.5. The average molecular weight is 391 g/mol. The summed E-state index contributed by atoms with van der Waals surface area (Å²) in [6.45, 7) is 5.18. The largest absolute Gasteiger partial charge is 0.481 e. The second kappa shape index (κ2) is 9.20. The molecule has 1 aliphatic rings. The molecule has 0 aliphatic carbocycles. The molecule has 6 heteroatoms. The molecule has 0 spiro atoms. The molecule has 1 saturated heterocycles. The summed E-state index contributed by atoms with van der Waals surface area (Å²) in [5.74, 6) is -1.02. The van der Waals surface area contributed by atoms with Crippen molar-refractivity contribution in [2.45, 2.75) is 38.8 Å². The molecule has 1 amide bonds. The van der Waals surface area contributed by atoms with Crippen molar-refractivity contribution in [3.05, 3.63) is 48.0 Å². The van der Waals surface area contributed by atoms with Crippen LogP contribution < -0.4 is 5.32 Å². The van der Waals surface area contributed by atoms with Gasteiger partial charge >= 0.3 is 5.97 Å². The lowest BCUT2D eigenvalue weighted by atomic mass is 9.96. The molecule has 3 rings (SSSR count). The zero-order valence-corrected chi connectivity index (χ0v) is 16.5. The van der Waals surface area contributed by atoms with E-state index < -0.39 is 5.97 Å². The van der Waals surface area contributed by atoms with Gasteiger partial charge in [-0.05, 0) is 62.2 Å². The Morgan fingerprint density at radius 2 is 1.70 bits per heavy atom. The van der Waals surface area contributed by atoms with Crippen LogP contribution in [0.5, 0.6) is 0 Å². The van der Waals surface area contributed by atoms with Gasteiger partial charge in [0.2, 0.25) is 5.91 Å². The summed E-state index contributed by atoms with van der Waals surface area (Å²) in [7, 11) is 0. The van der Waals surface area contributed by atoms with Gasteiger partial charge in [-0.25, -0.2) is 0 Å². The molecule has 2 atom stereocenters. The Kier molecular flexibility index (Phi) is 7.22. The minimum Gasteiger partial charge on any atom is -0.481 e. The highest BCUT2D eigenvalue weighted by molar-refractivity contribution is 5.85. The van der Waals surface area contributed by atoms with Crippen LogP contribution in [0.25, 0.3) is 10.8 Å². The monoisotopic (exact) mass is 390 g/mol. The molecule has 0 radical (unpaired) electrons. The van der Waals surface area contributed by atoms with Crippen LogP contribution in [0.15, 0.2) is 42.5 Å². The minimum absolute atomic E-state index is 0. The third kappa shape index (κ3) is 4.99. The van der Waals surface area contributed by atoms with Crippen molar-refractivity contribution in [1.29, 1.82) is 0 Å². The van der Waals surface area contributed by atoms with E-state index in [9.17, 15) is 9.59 Å². The van der Waals surface area contributed by atoms with Gasteiger partial charge in [-0.15, -0.1) is 12.4 Å². The zero-order valence-electron chi connectivity index (χ0n) is 15.7. The number of fused-ring (bicyclic) bond motifs is 1. The van der Waals surface area contributed by atoms with E-state index in [2.05, 4.69) is 40.5 Å². The number of amides is 1. The predicted octanol–water partition coefficient (Wildman–Crippen LogP) is 3.62. The maximum absolute atomic E-state index is 12.6. The third-order valence-electron chi connectivity index (χ3n) is 5.44. The van der Waals surface area contributed by atoms with Gasteiger partial charge in [0.05, 0.1) is 18.0 Å². The molecule has 0 bridgehead atoms. The fraction of sp³-hybridized carbons (Fsp3) is 0.429. The van der Waals surface area contributed by atoms with Crippen molar-refractivity contribution in [2.24, 2.45) is 5.92 Å². The van der Waals surface area contributed by atoms with Crippen LogP contribution in [0.3, 0.4) is 0 Å². The number of carboxylic acid groups (broad SMARTS) is 1. The first-order valence-electron chi connectivity index (χ1n) is 9.21. The summed E-state index contributed by atoms with van der Waals surface area (Å²) < 4.78 is 0. The van der Waals surface area contributed by atoms with Gasteiger partial charge in [0.15, 0.2) is 0 Å². The number of likely N-dealkylation sites (tertiary alicyclic amines) is 1. The normalized spacial score (nSPS) is 17.7. The van der Waals surface area contributed by atoms with Crippen LogP contribution in [0.2, 0.25) is 0 Å². The van der Waals surface area contributed by atoms with Gasteiger partial charge in [0, 0.05) is 0 Å². The van der Waals surface area contributed by atoms with Gasteiger partial charge in [0.1, 0.15) is 0 Å². The van der Waals surface area contributed by atoms with Gasteiger partial charge in [-0.2, -0.15) is 0 Å². The molecule has 146 valence electrons. The molecule has 2 aromatic carbocycles. The average Bonchev–Trinajstić information content (AvgIpc) is 2.67. The molecule has 2 aromatic rings. The lowest BCUT2D eigenvalue weighted by molar-refractivity contribution is -0.143. The number of halogens is 1. The summed E-state index contributed by atoms with van der Waals surface area (Å²) in [4.78, 5) is 25.8. The molecule has 2 N–H and O–H groups in total. The Morgan fingerprint density at radius 3 is 2.33 bits per heavy atom. The van der Waals surface area contributed by atoms with Crippen LogP contribution in [0, 0.1) is 5.92 Å². The van der Waals surface area contributed by atoms with Crippen LogP contribution in [-0.4, -0.2) is 41.0 Å². The molecular formula is C21H27ClN2O3. The Morgan fingerprint density at radius 1 is 1.07 bits per heavy atom. The van der Waals surface area contributed by atoms with Crippen molar-refractivity contribution in [2.75, 3.05) is 13.1 Å². The third-order valence-corrected chi connectivity index (χ3v) is 5.44. The SMILES string of the molecule is CC(NC(=O)C(C)N1CCC(C(=O)O)CC1)c1ccc2ccccc2c1.Cl. The highest BCUT2D eigenvalue weighted by Crippen LogP contribution is 2.22. The Bertz CT molecular complexity index is 803. The van der Waals surface area contributed by atoms with E-state index >= 15 is 0 Å². The number of piperidine rings is 1. The number of rotatable bonds is 5. The number of benzene rings is 2. The summed E-state index contributed by atoms with van der Waals surface area (Å²) in [6, 6.07) is 14.1. The highest BCUT2D eigenvalue weighted by atomic mass is 35.5. The fourth-order valence-electron chi connectivity index (χ4n) is 3.59. The Labute approximate surface area is 166 Å². The highest BCUT2D eigenvalue weighted by Gasteiger charge is 2.29. The number of hydrogen-bond donors (Lipinski definition) is 2. The zero-order chi connectivity index (χ0) is 18.7. The van der Waals surface area contributed by atoms with Crippen molar-refractivity contribution in [3.63, 3.8) is 0 Å². The van der Waals surface area contributed by atoms with Crippen molar-refractivity contribution in [1.82, 2.24) is 10.2 Å². The summed E-state index contributed by atoms with van der Waals surface area (Å²) in [6.07, 6.45) is 1.21. The number of carbonyl (C=O) groups excluding carboxylic acids is 1. The Hall–Kier alpha value is -2.11. The van der Waals surface area contributed by atoms with Gasteiger partial charge in [-0.1, -0.05) is 36.4 Å². The van der Waals surface area contributed by atoms with E-state index in [4.69, 9.17) is 5.11 Å². The van der Waals surface area contributed by atoms with Crippen molar-refractivity contribution >= 4 is 35.1 Å². The van der Waals surface area contributed by atoms with Gasteiger partial charge in [0.25, 0.3) is 0 Å². The van der Waals surface area contributed by atoms with Crippen molar-refractivity contribution in [3.8, 4) is 0 Å². The molecule has 0 aromatic heterocycles. The summed E-state index contributed by atoms with van der Waals surface area (Å²) in [5, 5.41) is 14.5. The van der Waals surface area contributed by atoms with E-state index in [0.29, 0.717) is 25.9 Å². The minimum atomic E-state index is -0.730. The number of carboxylic acids is 1. The predicted molar refractivity (Wildman–Crippen MR) is 109 cm³/mol. The van der Waals surface area contributed by atoms with Crippen molar-refractivity contribution < 1.29 is 14.7 Å². The maximum atomic E-state index is 12.6. The molecule has 1 fully saturated rings. The molecule has 5 nitrogen and oxygen atoms in total. The molecule has 1 heterocycles. The van der Waals surface area contributed by atoms with Crippen LogP contribution in [-0.2, 0) is 9.59 Å². The molecule has 27 heavy (non-hydrogen) atoms. The lowest BCUT2D eigenvalue weighted by Gasteiger charge is -2.34. The molecule has 0 saturated carbocycles. The number of hydrogen-bond acceptors (Lipinski definition) is 3. The number of aliphatic carboxylic acids is 1. The number of carbonyl (C=O) groups is 2. The van der Waals surface area contributed by atoms with Crippen LogP contribution in [0.4, 0.5) is 0 Å².